The molecule has 0 saturated heterocycles. The van der Waals surface area contributed by atoms with Crippen molar-refractivity contribution in [3.05, 3.63) is 128 Å². The van der Waals surface area contributed by atoms with Gasteiger partial charge in [0.15, 0.2) is 11.6 Å². The van der Waals surface area contributed by atoms with Crippen molar-refractivity contribution in [1.29, 1.82) is 0 Å². The molecule has 0 heterocycles. The van der Waals surface area contributed by atoms with E-state index in [9.17, 15) is 49.9 Å². The second kappa shape index (κ2) is 14.0. The second-order valence-corrected chi connectivity index (χ2v) is 14.6. The summed E-state index contributed by atoms with van der Waals surface area (Å²) in [6.07, 6.45) is 7.58. The lowest BCUT2D eigenvalue weighted by Gasteiger charge is -2.21. The predicted octanol–water partition coefficient (Wildman–Crippen LogP) is 4.50. The number of allylic oxidation sites excluding steroid dienone is 10. The van der Waals surface area contributed by atoms with Crippen LogP contribution in [0.3, 0.4) is 0 Å². The number of anilines is 2. The summed E-state index contributed by atoms with van der Waals surface area (Å²) in [5, 5.41) is 5.10. The van der Waals surface area contributed by atoms with Gasteiger partial charge in [-0.2, -0.15) is 16.8 Å². The van der Waals surface area contributed by atoms with E-state index in [0.717, 1.165) is 12.2 Å². The summed E-state index contributed by atoms with van der Waals surface area (Å²) < 4.78 is 66.5. The van der Waals surface area contributed by atoms with Gasteiger partial charge in [0.05, 0.1) is 21.2 Å². The highest BCUT2D eigenvalue weighted by molar-refractivity contribution is 7.90. The van der Waals surface area contributed by atoms with Crippen molar-refractivity contribution in [3.8, 4) is 0 Å². The van der Waals surface area contributed by atoms with Crippen molar-refractivity contribution < 1.29 is 49.9 Å². The maximum absolute atomic E-state index is 13.2. The smallest absolute Gasteiger partial charge is 0.308 e. The highest BCUT2D eigenvalue weighted by Crippen LogP contribution is 2.32. The molecular formula is C35H26N4O11S2. The lowest BCUT2D eigenvalue weighted by atomic mass is 9.86. The molecule has 0 aliphatic heterocycles. The van der Waals surface area contributed by atoms with E-state index < -0.39 is 47.9 Å². The molecule has 4 amide bonds. The summed E-state index contributed by atoms with van der Waals surface area (Å²) in [4.78, 5) is 70.4. The zero-order valence-corrected chi connectivity index (χ0v) is 28.3. The average Bonchev–Trinajstić information content (AvgIpc) is 3.07. The number of aliphatic imine (C=N–C) groups is 2. The van der Waals surface area contributed by atoms with Gasteiger partial charge >= 0.3 is 6.03 Å². The number of fused-ring (bicyclic) bond motifs is 2. The van der Waals surface area contributed by atoms with E-state index in [2.05, 4.69) is 20.6 Å². The van der Waals surface area contributed by atoms with Crippen LogP contribution in [0.4, 0.5) is 16.2 Å². The first-order valence-corrected chi connectivity index (χ1v) is 18.3. The molecule has 0 unspecified atom stereocenters. The molecule has 0 spiro atoms. The first-order valence-electron chi connectivity index (χ1n) is 15.4. The lowest BCUT2D eigenvalue weighted by Crippen LogP contribution is -2.20. The van der Waals surface area contributed by atoms with Gasteiger partial charge in [-0.25, -0.2) is 14.8 Å². The van der Waals surface area contributed by atoms with Gasteiger partial charge in [-0.1, -0.05) is 12.1 Å². The topological polar surface area (TPSA) is 243 Å². The van der Waals surface area contributed by atoms with Gasteiger partial charge in [-0.05, 0) is 96.8 Å². The normalized spacial score (nSPS) is 18.9. The SMILES string of the molecule is O=C1C=C2C(=CC(S(=O)(=O)O)=CC2=NC(=O)c2cccc(NC(=O)Nc3cccc(C(=O)N=C4C=C(S(=O)(=O)O)C=C5CCC(=O)C=C54)c3)c2)CC1. The van der Waals surface area contributed by atoms with Gasteiger partial charge in [-0.3, -0.25) is 28.3 Å². The minimum absolute atomic E-state index is 0.000601. The molecule has 0 atom stereocenters. The van der Waals surface area contributed by atoms with Crippen LogP contribution in [-0.4, -0.2) is 66.8 Å². The molecule has 4 aliphatic carbocycles. The van der Waals surface area contributed by atoms with Crippen LogP contribution in [-0.2, 0) is 29.8 Å². The van der Waals surface area contributed by atoms with E-state index in [1.165, 1.54) is 72.8 Å². The van der Waals surface area contributed by atoms with Crippen LogP contribution < -0.4 is 10.6 Å². The van der Waals surface area contributed by atoms with Gasteiger partial charge in [0.2, 0.25) is 0 Å². The van der Waals surface area contributed by atoms with Crippen LogP contribution in [0, 0.1) is 0 Å². The molecule has 0 bridgehead atoms. The molecule has 0 radical (unpaired) electrons. The monoisotopic (exact) mass is 742 g/mol. The first-order chi connectivity index (χ1) is 24.5. The molecule has 17 heteroatoms. The number of nitrogens with one attached hydrogen (secondary N) is 2. The Labute approximate surface area is 296 Å². The zero-order valence-electron chi connectivity index (χ0n) is 26.7. The van der Waals surface area contributed by atoms with Crippen molar-refractivity contribution in [2.24, 2.45) is 9.98 Å². The van der Waals surface area contributed by atoms with Gasteiger partial charge in [-0.15, -0.1) is 0 Å². The van der Waals surface area contributed by atoms with Crippen molar-refractivity contribution >= 4 is 72.4 Å². The Morgan fingerprint density at radius 2 is 0.981 bits per heavy atom. The summed E-state index contributed by atoms with van der Waals surface area (Å²) in [5.74, 6) is -2.13. The van der Waals surface area contributed by atoms with E-state index in [1.807, 2.05) is 0 Å². The Morgan fingerprint density at radius 3 is 1.37 bits per heavy atom. The Hall–Kier alpha value is -6.01. The van der Waals surface area contributed by atoms with Gasteiger partial charge in [0.1, 0.15) is 0 Å². The summed E-state index contributed by atoms with van der Waals surface area (Å²) in [7, 11) is -9.28. The number of hydrogen-bond donors (Lipinski definition) is 4. The molecule has 0 fully saturated rings. The molecule has 2 aromatic carbocycles. The van der Waals surface area contributed by atoms with Gasteiger partial charge < -0.3 is 10.6 Å². The maximum Gasteiger partial charge on any atom is 0.323 e. The van der Waals surface area contributed by atoms with Crippen LogP contribution in [0.1, 0.15) is 46.4 Å². The fourth-order valence-electron chi connectivity index (χ4n) is 5.65. The Morgan fingerprint density at radius 1 is 0.577 bits per heavy atom. The second-order valence-electron chi connectivity index (χ2n) is 11.8. The summed E-state index contributed by atoms with van der Waals surface area (Å²) in [6.45, 7) is 0. The molecular weight excluding hydrogens is 717 g/mol. The number of rotatable bonds is 6. The van der Waals surface area contributed by atoms with E-state index >= 15 is 0 Å². The number of hydrogen-bond acceptors (Lipinski definition) is 9. The summed E-state index contributed by atoms with van der Waals surface area (Å²) in [6, 6.07) is 10.5. The molecule has 2 aromatic rings. The average molecular weight is 743 g/mol. The number of amides is 4. The highest BCUT2D eigenvalue weighted by Gasteiger charge is 2.29. The van der Waals surface area contributed by atoms with Crippen LogP contribution in [0.5, 0.6) is 0 Å². The van der Waals surface area contributed by atoms with Crippen molar-refractivity contribution in [3.63, 3.8) is 0 Å². The third-order valence-electron chi connectivity index (χ3n) is 8.10. The van der Waals surface area contributed by atoms with E-state index in [4.69, 9.17) is 0 Å². The van der Waals surface area contributed by atoms with E-state index in [0.29, 0.717) is 11.1 Å². The molecule has 6 rings (SSSR count). The minimum Gasteiger partial charge on any atom is -0.308 e. The molecule has 0 saturated carbocycles. The van der Waals surface area contributed by atoms with E-state index in [1.54, 1.807) is 0 Å². The number of urea groups is 1. The quantitative estimate of drug-likeness (QED) is 0.300. The fourth-order valence-corrected chi connectivity index (χ4v) is 6.75. The first kappa shape index (κ1) is 35.8. The maximum atomic E-state index is 13.2. The number of carbonyl (C=O) groups excluding carboxylic acids is 5. The number of ketones is 2. The molecule has 4 N–H and O–H groups in total. The van der Waals surface area contributed by atoms with Crippen molar-refractivity contribution in [2.75, 3.05) is 10.6 Å². The van der Waals surface area contributed by atoms with Crippen LogP contribution in [0.2, 0.25) is 0 Å². The zero-order chi connectivity index (χ0) is 37.4. The Kier molecular flexibility index (Phi) is 9.61. The number of benzene rings is 2. The van der Waals surface area contributed by atoms with Crippen LogP contribution in [0.15, 0.2) is 127 Å². The predicted molar refractivity (Wildman–Crippen MR) is 189 cm³/mol. The molecule has 15 nitrogen and oxygen atoms in total. The molecule has 52 heavy (non-hydrogen) atoms. The standard InChI is InChI=1S/C35H26N4O11S2/c40-25-9-7-19-13-27(51(45,46)47)17-31(29(19)15-25)38-33(42)21-3-1-5-23(11-21)36-35(44)37-24-6-2-4-22(12-24)34(43)39-32-18-28(52(48,49)50)14-20-8-10-26(41)16-30(20)32/h1-6,11-18H,7-10H2,(H2,36,37,44)(H,45,46,47)(H,48,49,50). The van der Waals surface area contributed by atoms with E-state index in [-0.39, 0.29) is 82.3 Å². The largest absolute Gasteiger partial charge is 0.323 e. The molecule has 264 valence electrons. The summed E-state index contributed by atoms with van der Waals surface area (Å²) >= 11 is 0. The van der Waals surface area contributed by atoms with Crippen molar-refractivity contribution in [2.45, 2.75) is 25.7 Å². The highest BCUT2D eigenvalue weighted by atomic mass is 32.2. The Bertz CT molecular complexity index is 2330. The summed E-state index contributed by atoms with van der Waals surface area (Å²) in [5.41, 5.74) is 1.43. The number of carbonyl (C=O) groups is 5. The van der Waals surface area contributed by atoms with Crippen LogP contribution in [0.25, 0.3) is 0 Å². The lowest BCUT2D eigenvalue weighted by molar-refractivity contribution is -0.115. The van der Waals surface area contributed by atoms with Gasteiger partial charge in [0, 0.05) is 46.5 Å². The molecule has 0 aromatic heterocycles. The third kappa shape index (κ3) is 8.13. The van der Waals surface area contributed by atoms with Gasteiger partial charge in [0.25, 0.3) is 32.1 Å². The Balaban J connectivity index is 1.18. The third-order valence-corrected chi connectivity index (χ3v) is 9.76. The number of nitrogens with zero attached hydrogens (tertiary/aromatic N) is 2. The van der Waals surface area contributed by atoms with Crippen LogP contribution >= 0.6 is 0 Å². The fraction of sp³-hybridized carbons (Fsp3) is 0.114. The molecule has 4 aliphatic rings. The minimum atomic E-state index is -4.64. The van der Waals surface area contributed by atoms with Crippen molar-refractivity contribution in [1.82, 2.24) is 0 Å².